The Bertz CT molecular complexity index is 1260. The maximum absolute atomic E-state index is 12.8. The van der Waals surface area contributed by atoms with Crippen LogP contribution in [-0.4, -0.2) is 36.9 Å². The van der Waals surface area contributed by atoms with Gasteiger partial charge in [0, 0.05) is 15.7 Å². The first kappa shape index (κ1) is 23.8. The van der Waals surface area contributed by atoms with Gasteiger partial charge in [-0.15, -0.1) is 11.8 Å². The number of halogens is 1. The van der Waals surface area contributed by atoms with Crippen LogP contribution < -0.4 is 5.32 Å². The summed E-state index contributed by atoms with van der Waals surface area (Å²) in [6.07, 6.45) is 0. The molecule has 0 aromatic heterocycles. The average Bonchev–Trinajstić information content (AvgIpc) is 2.74. The highest BCUT2D eigenvalue weighted by Gasteiger charge is 2.20. The van der Waals surface area contributed by atoms with Crippen LogP contribution in [0.3, 0.4) is 0 Å². The molecule has 1 amide bonds. The van der Waals surface area contributed by atoms with Crippen LogP contribution in [0.1, 0.15) is 26.3 Å². The summed E-state index contributed by atoms with van der Waals surface area (Å²) in [7, 11) is -3.48. The number of thioether (sulfide) groups is 1. The Hall–Kier alpha value is -2.81. The summed E-state index contributed by atoms with van der Waals surface area (Å²) in [6.45, 7) is 1.63. The molecular formula is C23H20ClNO5S2. The number of carboxylic acids is 1. The van der Waals surface area contributed by atoms with E-state index in [0.29, 0.717) is 21.2 Å². The summed E-state index contributed by atoms with van der Waals surface area (Å²) in [6, 6.07) is 17.7. The van der Waals surface area contributed by atoms with Crippen LogP contribution in [0.5, 0.6) is 0 Å². The second-order valence-electron chi connectivity index (χ2n) is 6.87. The van der Waals surface area contributed by atoms with Gasteiger partial charge in [-0.1, -0.05) is 35.9 Å². The molecule has 0 heterocycles. The summed E-state index contributed by atoms with van der Waals surface area (Å²) in [5, 5.41) is 12.7. The molecule has 0 saturated carbocycles. The molecule has 0 atom stereocenters. The fourth-order valence-corrected chi connectivity index (χ4v) is 5.84. The Kier molecular flexibility index (Phi) is 7.60. The number of carbonyl (C=O) groups excluding carboxylic acids is 1. The molecule has 0 aliphatic rings. The van der Waals surface area contributed by atoms with Crippen molar-refractivity contribution in [2.24, 2.45) is 0 Å². The van der Waals surface area contributed by atoms with Crippen LogP contribution in [0.25, 0.3) is 0 Å². The zero-order valence-electron chi connectivity index (χ0n) is 17.0. The Morgan fingerprint density at radius 1 is 1.00 bits per heavy atom. The quantitative estimate of drug-likeness (QED) is 0.423. The molecule has 0 fully saturated rings. The predicted molar refractivity (Wildman–Crippen MR) is 127 cm³/mol. The zero-order valence-corrected chi connectivity index (χ0v) is 19.4. The van der Waals surface area contributed by atoms with Crippen molar-refractivity contribution in [2.75, 3.05) is 16.8 Å². The number of aryl methyl sites for hydroxylation is 1. The standard InChI is InChI=1S/C23H20ClNO5S2/c1-15-5-4-6-18(21(15)23(27)28)22(26)25-19-7-2-3-8-20(19)31-13-14-32(29,30)17-11-9-16(24)10-12-17/h2-12H,13-14H2,1H3,(H,25,26)(H,27,28). The van der Waals surface area contributed by atoms with E-state index in [0.717, 1.165) is 0 Å². The molecule has 6 nitrogen and oxygen atoms in total. The molecule has 3 rings (SSSR count). The van der Waals surface area contributed by atoms with Gasteiger partial charge in [0.15, 0.2) is 9.84 Å². The maximum Gasteiger partial charge on any atom is 0.336 e. The van der Waals surface area contributed by atoms with Crippen LogP contribution in [0.4, 0.5) is 5.69 Å². The van der Waals surface area contributed by atoms with E-state index in [9.17, 15) is 23.1 Å². The number of carbonyl (C=O) groups is 2. The van der Waals surface area contributed by atoms with Crippen molar-refractivity contribution in [2.45, 2.75) is 16.7 Å². The number of aromatic carboxylic acids is 1. The van der Waals surface area contributed by atoms with Crippen LogP contribution >= 0.6 is 23.4 Å². The highest BCUT2D eigenvalue weighted by Crippen LogP contribution is 2.29. The second-order valence-corrected chi connectivity index (χ2v) is 10.6. The number of hydrogen-bond donors (Lipinski definition) is 2. The van der Waals surface area contributed by atoms with Crippen molar-refractivity contribution in [3.63, 3.8) is 0 Å². The third kappa shape index (κ3) is 5.70. The average molecular weight is 490 g/mol. The van der Waals surface area contributed by atoms with Crippen molar-refractivity contribution >= 4 is 50.8 Å². The first-order valence-corrected chi connectivity index (χ1v) is 12.5. The number of sulfone groups is 1. The van der Waals surface area contributed by atoms with E-state index in [2.05, 4.69) is 5.32 Å². The molecule has 2 N–H and O–H groups in total. The molecule has 0 saturated heterocycles. The Balaban J connectivity index is 1.73. The summed E-state index contributed by atoms with van der Waals surface area (Å²) < 4.78 is 25.1. The smallest absolute Gasteiger partial charge is 0.336 e. The topological polar surface area (TPSA) is 101 Å². The van der Waals surface area contributed by atoms with E-state index in [1.54, 1.807) is 43.3 Å². The van der Waals surface area contributed by atoms with Gasteiger partial charge in [-0.25, -0.2) is 13.2 Å². The van der Waals surface area contributed by atoms with Crippen molar-refractivity contribution in [3.05, 3.63) is 88.4 Å². The molecule has 9 heteroatoms. The Labute approximate surface area is 195 Å². The summed E-state index contributed by atoms with van der Waals surface area (Å²) in [5.74, 6) is -1.55. The molecule has 0 radical (unpaired) electrons. The van der Waals surface area contributed by atoms with E-state index in [1.165, 1.54) is 42.1 Å². The fraction of sp³-hybridized carbons (Fsp3) is 0.130. The van der Waals surface area contributed by atoms with E-state index < -0.39 is 21.7 Å². The van der Waals surface area contributed by atoms with E-state index >= 15 is 0 Å². The maximum atomic E-state index is 12.8. The summed E-state index contributed by atoms with van der Waals surface area (Å²) in [4.78, 5) is 25.3. The van der Waals surface area contributed by atoms with Crippen LogP contribution in [0.15, 0.2) is 76.5 Å². The third-order valence-corrected chi connectivity index (χ3v) is 7.97. The zero-order chi connectivity index (χ0) is 23.3. The predicted octanol–water partition coefficient (Wildman–Crippen LogP) is 5.16. The molecule has 0 unspecified atom stereocenters. The van der Waals surface area contributed by atoms with Gasteiger partial charge in [0.2, 0.25) is 0 Å². The minimum atomic E-state index is -3.48. The molecule has 166 valence electrons. The van der Waals surface area contributed by atoms with Gasteiger partial charge in [0.1, 0.15) is 0 Å². The van der Waals surface area contributed by atoms with Gasteiger partial charge in [0.05, 0.1) is 27.5 Å². The third-order valence-electron chi connectivity index (χ3n) is 4.65. The second kappa shape index (κ2) is 10.2. The van der Waals surface area contributed by atoms with Crippen LogP contribution in [0.2, 0.25) is 5.02 Å². The molecule has 0 spiro atoms. The van der Waals surface area contributed by atoms with Gasteiger partial charge in [-0.05, 0) is 55.0 Å². The lowest BCUT2D eigenvalue weighted by Crippen LogP contribution is -2.18. The number of anilines is 1. The van der Waals surface area contributed by atoms with Crippen LogP contribution in [-0.2, 0) is 9.84 Å². The van der Waals surface area contributed by atoms with Crippen molar-refractivity contribution in [1.82, 2.24) is 0 Å². The molecule has 32 heavy (non-hydrogen) atoms. The van der Waals surface area contributed by atoms with Gasteiger partial charge in [-0.3, -0.25) is 4.79 Å². The van der Waals surface area contributed by atoms with E-state index in [-0.39, 0.29) is 27.5 Å². The minimum absolute atomic E-state index is 0.0517. The normalized spacial score (nSPS) is 11.2. The Morgan fingerprint density at radius 3 is 2.38 bits per heavy atom. The highest BCUT2D eigenvalue weighted by atomic mass is 35.5. The number of hydrogen-bond acceptors (Lipinski definition) is 5. The van der Waals surface area contributed by atoms with Gasteiger partial charge in [-0.2, -0.15) is 0 Å². The van der Waals surface area contributed by atoms with E-state index in [1.807, 2.05) is 0 Å². The van der Waals surface area contributed by atoms with Crippen molar-refractivity contribution in [3.8, 4) is 0 Å². The van der Waals surface area contributed by atoms with Gasteiger partial charge < -0.3 is 10.4 Å². The van der Waals surface area contributed by atoms with E-state index in [4.69, 9.17) is 11.6 Å². The summed E-state index contributed by atoms with van der Waals surface area (Å²) in [5.41, 5.74) is 0.969. The fourth-order valence-electron chi connectivity index (χ4n) is 3.05. The van der Waals surface area contributed by atoms with Gasteiger partial charge >= 0.3 is 5.97 Å². The lowest BCUT2D eigenvalue weighted by molar-refractivity contribution is 0.0691. The Morgan fingerprint density at radius 2 is 1.69 bits per heavy atom. The van der Waals surface area contributed by atoms with Gasteiger partial charge in [0.25, 0.3) is 5.91 Å². The van der Waals surface area contributed by atoms with Crippen molar-refractivity contribution in [1.29, 1.82) is 0 Å². The lowest BCUT2D eigenvalue weighted by atomic mass is 10.0. The minimum Gasteiger partial charge on any atom is -0.478 e. The molecule has 0 bridgehead atoms. The lowest BCUT2D eigenvalue weighted by Gasteiger charge is -2.13. The van der Waals surface area contributed by atoms with Crippen LogP contribution in [0, 0.1) is 6.92 Å². The molecular weight excluding hydrogens is 470 g/mol. The molecule has 3 aromatic carbocycles. The summed E-state index contributed by atoms with van der Waals surface area (Å²) >= 11 is 7.11. The molecule has 3 aromatic rings. The molecule has 0 aliphatic heterocycles. The highest BCUT2D eigenvalue weighted by molar-refractivity contribution is 8.00. The van der Waals surface area contributed by atoms with Crippen molar-refractivity contribution < 1.29 is 23.1 Å². The SMILES string of the molecule is Cc1cccc(C(=O)Nc2ccccc2SCCS(=O)(=O)c2ccc(Cl)cc2)c1C(=O)O. The monoisotopic (exact) mass is 489 g/mol. The number of carboxylic acid groups (broad SMARTS) is 1. The first-order valence-electron chi connectivity index (χ1n) is 9.53. The number of nitrogens with one attached hydrogen (secondary N) is 1. The number of amides is 1. The first-order chi connectivity index (χ1) is 15.2. The number of rotatable bonds is 8. The molecule has 0 aliphatic carbocycles. The number of benzene rings is 3. The number of para-hydroxylation sites is 1. The largest absolute Gasteiger partial charge is 0.478 e.